The van der Waals surface area contributed by atoms with Gasteiger partial charge in [0.25, 0.3) is 0 Å². The molecule has 4 heterocycles. The largest absolute Gasteiger partial charge is 0.342 e. The molecule has 1 atom stereocenters. The topological polar surface area (TPSA) is 70.5 Å². The maximum atomic E-state index is 12.7. The van der Waals surface area contributed by atoms with Gasteiger partial charge in [-0.25, -0.2) is 9.97 Å². The molecule has 3 aromatic rings. The molecule has 3 aliphatic rings. The van der Waals surface area contributed by atoms with Crippen LogP contribution in [0.25, 0.3) is 16.4 Å². The Morgan fingerprint density at radius 2 is 2.18 bits per heavy atom. The average molecular weight is 389 g/mol. The molecule has 1 aromatic carbocycles. The summed E-state index contributed by atoms with van der Waals surface area (Å²) < 4.78 is 0. The van der Waals surface area contributed by atoms with E-state index in [4.69, 9.17) is 0 Å². The van der Waals surface area contributed by atoms with Gasteiger partial charge in [-0.15, -0.1) is 11.3 Å². The Bertz CT molecular complexity index is 1240. The van der Waals surface area contributed by atoms with Crippen molar-refractivity contribution in [2.24, 2.45) is 10.9 Å². The smallest absolute Gasteiger partial charge is 0.226 e. The van der Waals surface area contributed by atoms with Crippen LogP contribution in [-0.2, 0) is 17.6 Å². The molecule has 1 unspecified atom stereocenters. The van der Waals surface area contributed by atoms with Gasteiger partial charge in [0.15, 0.2) is 0 Å². The van der Waals surface area contributed by atoms with Crippen molar-refractivity contribution < 1.29 is 4.79 Å². The fraction of sp³-hybridized carbons (Fsp3) is 0.333. The molecule has 1 amide bonds. The van der Waals surface area contributed by atoms with Gasteiger partial charge >= 0.3 is 0 Å². The summed E-state index contributed by atoms with van der Waals surface area (Å²) in [6.45, 7) is 1.86. The van der Waals surface area contributed by atoms with Crippen molar-refractivity contribution >= 4 is 45.2 Å². The number of benzene rings is 1. The van der Waals surface area contributed by atoms with Crippen LogP contribution in [0.1, 0.15) is 23.3 Å². The molecular weight excluding hydrogens is 370 g/mol. The summed E-state index contributed by atoms with van der Waals surface area (Å²) in [7, 11) is 0. The lowest BCUT2D eigenvalue weighted by atomic mass is 9.86. The van der Waals surface area contributed by atoms with Gasteiger partial charge in [-0.05, 0) is 49.4 Å². The lowest BCUT2D eigenvalue weighted by molar-refractivity contribution is -0.139. The van der Waals surface area contributed by atoms with Gasteiger partial charge in [0.2, 0.25) is 5.91 Å². The standard InChI is InChI=1S/C21H19N5OS/c27-21(26-6-1-7-26)12-2-4-15-17(9-12)28-20-18(15)19(23-11-24-20)25-14-3-5-16-13(8-14)10-22-16/h3,5,8,10-12H,1-2,4,6-7,9H2,(H,23,24,25). The quantitative estimate of drug-likeness (QED) is 0.745. The predicted octanol–water partition coefficient (Wildman–Crippen LogP) is 2.14. The number of fused-ring (bicyclic) bond motifs is 4. The summed E-state index contributed by atoms with van der Waals surface area (Å²) in [5.74, 6) is 1.31. The third-order valence-corrected chi connectivity index (χ3v) is 7.16. The summed E-state index contributed by atoms with van der Waals surface area (Å²) in [6, 6.07) is 6.14. The van der Waals surface area contributed by atoms with Gasteiger partial charge in [0.1, 0.15) is 17.0 Å². The summed E-state index contributed by atoms with van der Waals surface area (Å²) in [5, 5.41) is 6.77. The van der Waals surface area contributed by atoms with E-state index in [0.717, 1.165) is 71.1 Å². The number of hydrogen-bond donors (Lipinski definition) is 1. The first-order valence-corrected chi connectivity index (χ1v) is 10.6. The fourth-order valence-electron chi connectivity index (χ4n) is 4.27. The second kappa shape index (κ2) is 6.10. The molecule has 1 fully saturated rings. The third-order valence-electron chi connectivity index (χ3n) is 6.00. The number of hydrogen-bond acceptors (Lipinski definition) is 6. The van der Waals surface area contributed by atoms with Crippen LogP contribution in [0.15, 0.2) is 29.5 Å². The number of likely N-dealkylation sites (tertiary alicyclic amines) is 1. The SMILES string of the molecule is O=C(C1CCc2c(sc3ncnc(Nc4ccc5c(c4)=CN=5)c23)C1)N1CCC1. The Kier molecular flexibility index (Phi) is 3.53. The van der Waals surface area contributed by atoms with Crippen LogP contribution in [0.3, 0.4) is 0 Å². The van der Waals surface area contributed by atoms with Gasteiger partial charge < -0.3 is 10.2 Å². The van der Waals surface area contributed by atoms with Gasteiger partial charge in [-0.1, -0.05) is 0 Å². The average Bonchev–Trinajstić information content (AvgIpc) is 3.01. The fourth-order valence-corrected chi connectivity index (χ4v) is 5.54. The predicted molar refractivity (Wildman–Crippen MR) is 109 cm³/mol. The number of thiophene rings is 1. The molecule has 0 spiro atoms. The zero-order valence-corrected chi connectivity index (χ0v) is 16.1. The highest BCUT2D eigenvalue weighted by atomic mass is 32.1. The third kappa shape index (κ3) is 2.46. The molecule has 0 bridgehead atoms. The summed E-state index contributed by atoms with van der Waals surface area (Å²) >= 11 is 1.72. The van der Waals surface area contributed by atoms with E-state index < -0.39 is 0 Å². The monoisotopic (exact) mass is 389 g/mol. The van der Waals surface area contributed by atoms with Crippen LogP contribution in [0, 0.1) is 5.92 Å². The van der Waals surface area contributed by atoms with Crippen LogP contribution < -0.4 is 15.9 Å². The Morgan fingerprint density at radius 1 is 1.25 bits per heavy atom. The van der Waals surface area contributed by atoms with Gasteiger partial charge in [-0.2, -0.15) is 0 Å². The molecule has 1 N–H and O–H groups in total. The number of rotatable bonds is 3. The van der Waals surface area contributed by atoms with Crippen LogP contribution in [0.5, 0.6) is 0 Å². The first-order valence-electron chi connectivity index (χ1n) is 9.75. The highest BCUT2D eigenvalue weighted by Crippen LogP contribution is 2.40. The zero-order valence-electron chi connectivity index (χ0n) is 15.3. The first-order chi connectivity index (χ1) is 13.8. The number of aryl methyl sites for hydroxylation is 1. The van der Waals surface area contributed by atoms with Crippen LogP contribution in [-0.4, -0.2) is 33.9 Å². The summed E-state index contributed by atoms with van der Waals surface area (Å²) in [4.78, 5) is 30.2. The van der Waals surface area contributed by atoms with Crippen LogP contribution in [0.2, 0.25) is 0 Å². The van der Waals surface area contributed by atoms with E-state index in [-0.39, 0.29) is 5.92 Å². The van der Waals surface area contributed by atoms with Crippen molar-refractivity contribution in [1.82, 2.24) is 14.9 Å². The molecule has 7 heteroatoms. The molecule has 2 aromatic heterocycles. The molecule has 0 radical (unpaired) electrons. The first kappa shape index (κ1) is 16.2. The Labute approximate surface area is 165 Å². The Hall–Kier alpha value is -2.80. The van der Waals surface area contributed by atoms with Crippen LogP contribution >= 0.6 is 11.3 Å². The molecule has 6 rings (SSSR count). The second-order valence-corrected chi connectivity index (χ2v) is 8.77. The number of amides is 1. The highest BCUT2D eigenvalue weighted by molar-refractivity contribution is 7.19. The number of nitrogens with zero attached hydrogens (tertiary/aromatic N) is 4. The summed E-state index contributed by atoms with van der Waals surface area (Å²) in [6.07, 6.45) is 7.30. The molecule has 0 saturated carbocycles. The Balaban J connectivity index is 1.34. The lowest BCUT2D eigenvalue weighted by Crippen LogP contribution is -2.46. The molecule has 1 saturated heterocycles. The van der Waals surface area contributed by atoms with Crippen molar-refractivity contribution in [1.29, 1.82) is 0 Å². The normalized spacial score (nSPS) is 19.6. The maximum Gasteiger partial charge on any atom is 0.226 e. The molecule has 140 valence electrons. The lowest BCUT2D eigenvalue weighted by Gasteiger charge is -2.35. The van der Waals surface area contributed by atoms with Crippen molar-refractivity contribution in [3.63, 3.8) is 0 Å². The van der Waals surface area contributed by atoms with Gasteiger partial charge in [0, 0.05) is 41.0 Å². The minimum Gasteiger partial charge on any atom is -0.342 e. The summed E-state index contributed by atoms with van der Waals surface area (Å²) in [5.41, 5.74) is 2.33. The van der Waals surface area contributed by atoms with E-state index >= 15 is 0 Å². The van der Waals surface area contributed by atoms with Crippen molar-refractivity contribution in [2.45, 2.75) is 25.7 Å². The minimum absolute atomic E-state index is 0.123. The van der Waals surface area contributed by atoms with Gasteiger partial charge in [0.05, 0.1) is 10.7 Å². The molecular formula is C21H19N5OS. The van der Waals surface area contributed by atoms with Crippen molar-refractivity contribution in [2.75, 3.05) is 18.4 Å². The maximum absolute atomic E-state index is 12.7. The van der Waals surface area contributed by atoms with E-state index in [1.807, 2.05) is 23.2 Å². The van der Waals surface area contributed by atoms with Crippen molar-refractivity contribution in [3.05, 3.63) is 45.5 Å². The number of anilines is 2. The number of carbonyl (C=O) groups excluding carboxylic acids is 1. The van der Waals surface area contributed by atoms with Crippen molar-refractivity contribution in [3.8, 4) is 0 Å². The number of aromatic nitrogens is 2. The van der Waals surface area contributed by atoms with Gasteiger partial charge in [-0.3, -0.25) is 9.79 Å². The van der Waals surface area contributed by atoms with E-state index in [2.05, 4.69) is 26.3 Å². The number of carbonyl (C=O) groups is 1. The van der Waals surface area contributed by atoms with E-state index in [1.165, 1.54) is 10.4 Å². The molecule has 1 aliphatic carbocycles. The second-order valence-electron chi connectivity index (χ2n) is 7.68. The zero-order chi connectivity index (χ0) is 18.7. The molecule has 6 nitrogen and oxygen atoms in total. The number of nitrogens with one attached hydrogen (secondary N) is 1. The minimum atomic E-state index is 0.123. The van der Waals surface area contributed by atoms with E-state index in [0.29, 0.717) is 5.91 Å². The molecule has 28 heavy (non-hydrogen) atoms. The van der Waals surface area contributed by atoms with E-state index in [1.54, 1.807) is 17.7 Å². The molecule has 2 aliphatic heterocycles. The van der Waals surface area contributed by atoms with E-state index in [9.17, 15) is 4.79 Å². The highest BCUT2D eigenvalue weighted by Gasteiger charge is 2.33. The Morgan fingerprint density at radius 3 is 2.93 bits per heavy atom. The van der Waals surface area contributed by atoms with Crippen LogP contribution in [0.4, 0.5) is 11.5 Å².